The lowest BCUT2D eigenvalue weighted by atomic mass is 9.90. The molecule has 1 amide bonds. The Hall–Kier alpha value is -0.770. The fourth-order valence-electron chi connectivity index (χ4n) is 1.92. The highest BCUT2D eigenvalue weighted by Gasteiger charge is 2.38. The second-order valence-electron chi connectivity index (χ2n) is 3.53. The summed E-state index contributed by atoms with van der Waals surface area (Å²) >= 11 is 0. The van der Waals surface area contributed by atoms with E-state index in [0.29, 0.717) is 0 Å². The second kappa shape index (κ2) is 2.94. The number of carbonyl (C=O) groups is 1. The van der Waals surface area contributed by atoms with Crippen LogP contribution in [0.2, 0.25) is 0 Å². The van der Waals surface area contributed by atoms with Crippen molar-refractivity contribution in [3.05, 3.63) is 0 Å². The van der Waals surface area contributed by atoms with Crippen LogP contribution in [0.3, 0.4) is 0 Å². The Labute approximate surface area is 71.7 Å². The van der Waals surface area contributed by atoms with Gasteiger partial charge in [-0.3, -0.25) is 0 Å². The molecule has 2 heterocycles. The van der Waals surface area contributed by atoms with Crippen molar-refractivity contribution in [2.45, 2.75) is 24.9 Å². The van der Waals surface area contributed by atoms with Gasteiger partial charge in [0.1, 0.15) is 5.60 Å². The van der Waals surface area contributed by atoms with Crippen LogP contribution in [-0.2, 0) is 4.74 Å². The molecule has 2 N–H and O–H groups in total. The Kier molecular flexibility index (Phi) is 1.92. The summed E-state index contributed by atoms with van der Waals surface area (Å²) in [5.74, 6) is 0. The highest BCUT2D eigenvalue weighted by molar-refractivity contribution is 5.68. The number of nitrogens with one attached hydrogen (secondary N) is 2. The molecule has 0 aliphatic carbocycles. The van der Waals surface area contributed by atoms with Crippen molar-refractivity contribution in [3.63, 3.8) is 0 Å². The van der Waals surface area contributed by atoms with Gasteiger partial charge in [0, 0.05) is 19.5 Å². The summed E-state index contributed by atoms with van der Waals surface area (Å²) < 4.78 is 5.30. The predicted molar refractivity (Wildman–Crippen MR) is 43.9 cm³/mol. The Bertz CT molecular complexity index is 182. The molecule has 1 spiro atoms. The number of piperidine rings is 1. The number of alkyl carbamates (subject to hydrolysis) is 1. The van der Waals surface area contributed by atoms with Gasteiger partial charge in [-0.05, 0) is 19.4 Å². The van der Waals surface area contributed by atoms with Crippen molar-refractivity contribution in [1.82, 2.24) is 10.6 Å². The van der Waals surface area contributed by atoms with Gasteiger partial charge in [0.15, 0.2) is 0 Å². The van der Waals surface area contributed by atoms with Gasteiger partial charge in [0.2, 0.25) is 0 Å². The maximum absolute atomic E-state index is 11.0. The largest absolute Gasteiger partial charge is 0.442 e. The fraction of sp³-hybridized carbons (Fsp3) is 0.875. The van der Waals surface area contributed by atoms with Crippen molar-refractivity contribution >= 4 is 6.09 Å². The lowest BCUT2D eigenvalue weighted by Gasteiger charge is -2.39. The van der Waals surface area contributed by atoms with Crippen LogP contribution in [0.15, 0.2) is 0 Å². The smallest absolute Gasteiger partial charge is 0.407 e. The molecule has 2 rings (SSSR count). The van der Waals surface area contributed by atoms with Crippen molar-refractivity contribution in [2.24, 2.45) is 0 Å². The predicted octanol–water partition coefficient (Wildman–Crippen LogP) is 0.238. The minimum absolute atomic E-state index is 0.194. The molecule has 2 fully saturated rings. The third-order valence-corrected chi connectivity index (χ3v) is 2.59. The quantitative estimate of drug-likeness (QED) is 0.547. The average molecular weight is 170 g/mol. The van der Waals surface area contributed by atoms with Gasteiger partial charge in [-0.25, -0.2) is 4.79 Å². The zero-order chi connectivity index (χ0) is 8.44. The molecule has 1 unspecified atom stereocenters. The molecule has 4 heteroatoms. The third kappa shape index (κ3) is 1.39. The molecule has 0 radical (unpaired) electrons. The zero-order valence-corrected chi connectivity index (χ0v) is 7.06. The van der Waals surface area contributed by atoms with Crippen LogP contribution < -0.4 is 10.6 Å². The van der Waals surface area contributed by atoms with E-state index in [0.717, 1.165) is 38.9 Å². The van der Waals surface area contributed by atoms with Crippen LogP contribution >= 0.6 is 0 Å². The van der Waals surface area contributed by atoms with Crippen molar-refractivity contribution in [1.29, 1.82) is 0 Å². The summed E-state index contributed by atoms with van der Waals surface area (Å²) in [6, 6.07) is 0. The minimum atomic E-state index is -0.259. The molecular weight excluding hydrogens is 156 g/mol. The monoisotopic (exact) mass is 170 g/mol. The van der Waals surface area contributed by atoms with E-state index in [1.165, 1.54) is 0 Å². The van der Waals surface area contributed by atoms with Gasteiger partial charge in [-0.15, -0.1) is 0 Å². The maximum atomic E-state index is 11.0. The fourth-order valence-corrected chi connectivity index (χ4v) is 1.92. The molecule has 4 nitrogen and oxygen atoms in total. The number of hydrogen-bond donors (Lipinski definition) is 2. The van der Waals surface area contributed by atoms with Crippen molar-refractivity contribution in [3.8, 4) is 0 Å². The lowest BCUT2D eigenvalue weighted by Crippen LogP contribution is -2.55. The van der Waals surface area contributed by atoms with Gasteiger partial charge < -0.3 is 15.4 Å². The van der Waals surface area contributed by atoms with Crippen LogP contribution in [0.1, 0.15) is 19.3 Å². The van der Waals surface area contributed by atoms with E-state index >= 15 is 0 Å². The highest BCUT2D eigenvalue weighted by atomic mass is 16.6. The Balaban J connectivity index is 2.02. The zero-order valence-electron chi connectivity index (χ0n) is 7.06. The molecule has 1 atom stereocenters. The summed E-state index contributed by atoms with van der Waals surface area (Å²) in [5, 5.41) is 5.93. The first-order valence-electron chi connectivity index (χ1n) is 4.48. The first-order valence-corrected chi connectivity index (χ1v) is 4.48. The topological polar surface area (TPSA) is 50.4 Å². The van der Waals surface area contributed by atoms with Crippen molar-refractivity contribution in [2.75, 3.05) is 19.6 Å². The van der Waals surface area contributed by atoms with E-state index in [2.05, 4.69) is 10.6 Å². The number of ether oxygens (including phenoxy) is 1. The second-order valence-corrected chi connectivity index (χ2v) is 3.53. The first-order chi connectivity index (χ1) is 5.81. The first kappa shape index (κ1) is 7.86. The number of amides is 1. The molecule has 0 aromatic rings. The van der Waals surface area contributed by atoms with E-state index in [4.69, 9.17) is 4.74 Å². The van der Waals surface area contributed by atoms with Crippen LogP contribution in [0.4, 0.5) is 4.79 Å². The molecule has 0 saturated carbocycles. The molecule has 2 aliphatic rings. The lowest BCUT2D eigenvalue weighted by molar-refractivity contribution is -0.0283. The summed E-state index contributed by atoms with van der Waals surface area (Å²) in [4.78, 5) is 11.0. The summed E-state index contributed by atoms with van der Waals surface area (Å²) in [6.45, 7) is 2.62. The summed E-state index contributed by atoms with van der Waals surface area (Å²) in [6.07, 6.45) is 2.79. The minimum Gasteiger partial charge on any atom is -0.442 e. The van der Waals surface area contributed by atoms with E-state index in [1.807, 2.05) is 0 Å². The van der Waals surface area contributed by atoms with Crippen LogP contribution in [0, 0.1) is 0 Å². The van der Waals surface area contributed by atoms with E-state index < -0.39 is 0 Å². The molecule has 12 heavy (non-hydrogen) atoms. The molecule has 68 valence electrons. The summed E-state index contributed by atoms with van der Waals surface area (Å²) in [5.41, 5.74) is -0.194. The number of hydrogen-bond acceptors (Lipinski definition) is 3. The maximum Gasteiger partial charge on any atom is 0.407 e. The average Bonchev–Trinajstić information content (AvgIpc) is 2.05. The van der Waals surface area contributed by atoms with Gasteiger partial charge in [0.25, 0.3) is 0 Å². The van der Waals surface area contributed by atoms with Crippen molar-refractivity contribution < 1.29 is 9.53 Å². The Morgan fingerprint density at radius 2 is 2.25 bits per heavy atom. The molecule has 0 aromatic carbocycles. The van der Waals surface area contributed by atoms with Gasteiger partial charge in [-0.2, -0.15) is 0 Å². The standard InChI is InChI=1S/C8H14N2O2/c11-7-10-5-3-8(12-7)2-1-4-9-6-8/h9H,1-6H2,(H,10,11). The number of carbonyl (C=O) groups excluding carboxylic acids is 1. The van der Waals surface area contributed by atoms with Crippen LogP contribution in [-0.4, -0.2) is 31.3 Å². The Morgan fingerprint density at radius 1 is 1.33 bits per heavy atom. The Morgan fingerprint density at radius 3 is 2.92 bits per heavy atom. The molecule has 0 aromatic heterocycles. The summed E-state index contributed by atoms with van der Waals surface area (Å²) in [7, 11) is 0. The number of rotatable bonds is 0. The molecular formula is C8H14N2O2. The molecule has 2 aliphatic heterocycles. The normalized spacial score (nSPS) is 35.8. The van der Waals surface area contributed by atoms with Gasteiger partial charge >= 0.3 is 6.09 Å². The van der Waals surface area contributed by atoms with Crippen LogP contribution in [0.25, 0.3) is 0 Å². The van der Waals surface area contributed by atoms with E-state index in [1.54, 1.807) is 0 Å². The van der Waals surface area contributed by atoms with E-state index in [9.17, 15) is 4.79 Å². The SMILES string of the molecule is O=C1NCCC2(CCCNC2)O1. The molecule has 0 bridgehead atoms. The third-order valence-electron chi connectivity index (χ3n) is 2.59. The van der Waals surface area contributed by atoms with Gasteiger partial charge in [-0.1, -0.05) is 0 Å². The molecule has 2 saturated heterocycles. The van der Waals surface area contributed by atoms with Gasteiger partial charge in [0.05, 0.1) is 0 Å². The van der Waals surface area contributed by atoms with E-state index in [-0.39, 0.29) is 11.7 Å². The van der Waals surface area contributed by atoms with Crippen LogP contribution in [0.5, 0.6) is 0 Å². The highest BCUT2D eigenvalue weighted by Crippen LogP contribution is 2.26.